The second kappa shape index (κ2) is 4.40. The summed E-state index contributed by atoms with van der Waals surface area (Å²) in [6.45, 7) is 0. The van der Waals surface area contributed by atoms with Crippen molar-refractivity contribution < 1.29 is 18.0 Å². The van der Waals surface area contributed by atoms with Crippen LogP contribution in [0.2, 0.25) is 0 Å². The van der Waals surface area contributed by atoms with Crippen LogP contribution >= 0.6 is 0 Å². The number of methoxy groups -OCH3 is 1. The molecule has 0 saturated heterocycles. The molecule has 0 radical (unpaired) electrons. The quantitative estimate of drug-likeness (QED) is 0.896. The SMILES string of the molecule is COc1cccc(-c2cc(N)on2)c1C(F)F. The number of halogens is 2. The Morgan fingerprint density at radius 2 is 2.18 bits per heavy atom. The van der Waals surface area contributed by atoms with Gasteiger partial charge in [0.2, 0.25) is 5.88 Å². The third-order valence-corrected chi connectivity index (χ3v) is 2.31. The number of nitrogens with zero attached hydrogens (tertiary/aromatic N) is 1. The van der Waals surface area contributed by atoms with E-state index in [1.54, 1.807) is 6.07 Å². The topological polar surface area (TPSA) is 61.3 Å². The van der Waals surface area contributed by atoms with Gasteiger partial charge in [-0.1, -0.05) is 17.3 Å². The third kappa shape index (κ3) is 2.06. The average Bonchev–Trinajstić information content (AvgIpc) is 2.74. The van der Waals surface area contributed by atoms with Crippen molar-refractivity contribution in [3.8, 4) is 17.0 Å². The number of anilines is 1. The van der Waals surface area contributed by atoms with Gasteiger partial charge in [-0.05, 0) is 6.07 Å². The zero-order chi connectivity index (χ0) is 12.4. The molecule has 2 rings (SSSR count). The minimum atomic E-state index is -2.67. The van der Waals surface area contributed by atoms with Crippen LogP contribution in [0.1, 0.15) is 12.0 Å². The van der Waals surface area contributed by atoms with E-state index in [1.807, 2.05) is 0 Å². The van der Waals surface area contributed by atoms with Gasteiger partial charge in [-0.25, -0.2) is 8.78 Å². The highest BCUT2D eigenvalue weighted by atomic mass is 19.3. The van der Waals surface area contributed by atoms with Gasteiger partial charge in [-0.15, -0.1) is 0 Å². The molecule has 0 bridgehead atoms. The first-order valence-electron chi connectivity index (χ1n) is 4.81. The van der Waals surface area contributed by atoms with Gasteiger partial charge in [-0.3, -0.25) is 0 Å². The normalized spacial score (nSPS) is 10.8. The molecule has 0 spiro atoms. The third-order valence-electron chi connectivity index (χ3n) is 2.31. The number of aromatic nitrogens is 1. The molecular formula is C11H10F2N2O2. The Labute approximate surface area is 96.0 Å². The molecule has 0 fully saturated rings. The van der Waals surface area contributed by atoms with Crippen molar-refractivity contribution in [2.45, 2.75) is 6.43 Å². The first kappa shape index (κ1) is 11.4. The molecule has 0 saturated carbocycles. The predicted molar refractivity (Wildman–Crippen MR) is 57.9 cm³/mol. The molecule has 0 amide bonds. The first-order valence-corrected chi connectivity index (χ1v) is 4.81. The molecule has 0 aliphatic rings. The molecule has 0 atom stereocenters. The molecule has 90 valence electrons. The summed E-state index contributed by atoms with van der Waals surface area (Å²) in [5.41, 5.74) is 5.66. The van der Waals surface area contributed by atoms with Gasteiger partial charge in [0.25, 0.3) is 6.43 Å². The van der Waals surface area contributed by atoms with Gasteiger partial charge in [0, 0.05) is 11.6 Å². The Bertz CT molecular complexity index is 526. The van der Waals surface area contributed by atoms with Gasteiger partial charge < -0.3 is 15.0 Å². The number of hydrogen-bond donors (Lipinski definition) is 1. The van der Waals surface area contributed by atoms with Gasteiger partial charge in [-0.2, -0.15) is 0 Å². The number of nitrogens with two attached hydrogens (primary N) is 1. The van der Waals surface area contributed by atoms with Crippen molar-refractivity contribution in [3.63, 3.8) is 0 Å². The Morgan fingerprint density at radius 1 is 1.41 bits per heavy atom. The van der Waals surface area contributed by atoms with Crippen molar-refractivity contribution in [2.75, 3.05) is 12.8 Å². The van der Waals surface area contributed by atoms with E-state index < -0.39 is 6.43 Å². The molecule has 0 aliphatic heterocycles. The van der Waals surface area contributed by atoms with Crippen LogP contribution in [0.4, 0.5) is 14.7 Å². The van der Waals surface area contributed by atoms with Crippen LogP contribution in [0.25, 0.3) is 11.3 Å². The van der Waals surface area contributed by atoms with Crippen molar-refractivity contribution >= 4 is 5.88 Å². The molecule has 6 heteroatoms. The molecule has 17 heavy (non-hydrogen) atoms. The maximum atomic E-state index is 13.0. The van der Waals surface area contributed by atoms with Gasteiger partial charge in [0.05, 0.1) is 12.7 Å². The predicted octanol–water partition coefficient (Wildman–Crippen LogP) is 2.87. The molecule has 2 N–H and O–H groups in total. The fourth-order valence-corrected chi connectivity index (χ4v) is 1.59. The second-order valence-corrected chi connectivity index (χ2v) is 3.34. The van der Waals surface area contributed by atoms with Crippen LogP contribution in [0.3, 0.4) is 0 Å². The van der Waals surface area contributed by atoms with E-state index in [0.717, 1.165) is 0 Å². The summed E-state index contributed by atoms with van der Waals surface area (Å²) in [6.07, 6.45) is -2.67. The van der Waals surface area contributed by atoms with Crippen LogP contribution in [-0.4, -0.2) is 12.3 Å². The zero-order valence-electron chi connectivity index (χ0n) is 8.98. The van der Waals surface area contributed by atoms with Crippen molar-refractivity contribution in [3.05, 3.63) is 29.8 Å². The molecule has 0 aliphatic carbocycles. The monoisotopic (exact) mass is 240 g/mol. The molecule has 0 unspecified atom stereocenters. The van der Waals surface area contributed by atoms with Crippen molar-refractivity contribution in [1.82, 2.24) is 5.16 Å². The number of alkyl halides is 2. The van der Waals surface area contributed by atoms with Gasteiger partial charge in [0.1, 0.15) is 11.4 Å². The molecule has 4 nitrogen and oxygen atoms in total. The molecule has 1 heterocycles. The first-order chi connectivity index (χ1) is 8.13. The van der Waals surface area contributed by atoms with E-state index >= 15 is 0 Å². The highest BCUT2D eigenvalue weighted by Crippen LogP contribution is 2.37. The molecule has 2 aromatic rings. The van der Waals surface area contributed by atoms with Crippen LogP contribution in [-0.2, 0) is 0 Å². The summed E-state index contributed by atoms with van der Waals surface area (Å²) in [5.74, 6) is 0.183. The Balaban J connectivity index is 2.60. The summed E-state index contributed by atoms with van der Waals surface area (Å²) in [6, 6.07) is 5.97. The lowest BCUT2D eigenvalue weighted by atomic mass is 10.0. The van der Waals surface area contributed by atoms with Crippen LogP contribution in [0, 0.1) is 0 Å². The summed E-state index contributed by atoms with van der Waals surface area (Å²) in [7, 11) is 1.34. The lowest BCUT2D eigenvalue weighted by Crippen LogP contribution is -1.96. The lowest BCUT2D eigenvalue weighted by Gasteiger charge is -2.11. The van der Waals surface area contributed by atoms with Gasteiger partial charge in [0.15, 0.2) is 0 Å². The minimum absolute atomic E-state index is 0.0723. The number of ether oxygens (including phenoxy) is 1. The van der Waals surface area contributed by atoms with Gasteiger partial charge >= 0.3 is 0 Å². The van der Waals surface area contributed by atoms with E-state index in [4.69, 9.17) is 10.5 Å². The highest BCUT2D eigenvalue weighted by molar-refractivity contribution is 5.68. The van der Waals surface area contributed by atoms with E-state index in [2.05, 4.69) is 9.68 Å². The number of rotatable bonds is 3. The van der Waals surface area contributed by atoms with E-state index in [9.17, 15) is 8.78 Å². The fraction of sp³-hybridized carbons (Fsp3) is 0.182. The maximum Gasteiger partial charge on any atom is 0.268 e. The van der Waals surface area contributed by atoms with E-state index in [-0.39, 0.29) is 28.5 Å². The average molecular weight is 240 g/mol. The number of hydrogen-bond acceptors (Lipinski definition) is 4. The standard InChI is InChI=1S/C11H10F2N2O2/c1-16-8-4-2-3-6(10(8)11(12)13)7-5-9(14)17-15-7/h2-5,11H,14H2,1H3. The molecule has 1 aromatic heterocycles. The largest absolute Gasteiger partial charge is 0.496 e. The highest BCUT2D eigenvalue weighted by Gasteiger charge is 2.21. The van der Waals surface area contributed by atoms with Crippen LogP contribution < -0.4 is 10.5 Å². The molecule has 1 aromatic carbocycles. The molecular weight excluding hydrogens is 230 g/mol. The smallest absolute Gasteiger partial charge is 0.268 e. The minimum Gasteiger partial charge on any atom is -0.496 e. The number of nitrogen functional groups attached to an aromatic ring is 1. The van der Waals surface area contributed by atoms with Crippen LogP contribution in [0.5, 0.6) is 5.75 Å². The summed E-state index contributed by atoms with van der Waals surface area (Å²) in [5, 5.41) is 3.62. The maximum absolute atomic E-state index is 13.0. The lowest BCUT2D eigenvalue weighted by molar-refractivity contribution is 0.147. The van der Waals surface area contributed by atoms with E-state index in [0.29, 0.717) is 0 Å². The zero-order valence-corrected chi connectivity index (χ0v) is 8.98. The Morgan fingerprint density at radius 3 is 2.71 bits per heavy atom. The van der Waals surface area contributed by atoms with Crippen LogP contribution in [0.15, 0.2) is 28.8 Å². The Kier molecular flexibility index (Phi) is 2.95. The van der Waals surface area contributed by atoms with Crippen molar-refractivity contribution in [2.24, 2.45) is 0 Å². The van der Waals surface area contributed by atoms with Crippen molar-refractivity contribution in [1.29, 1.82) is 0 Å². The summed E-state index contributed by atoms with van der Waals surface area (Å²) in [4.78, 5) is 0. The Hall–Kier alpha value is -2.11. The van der Waals surface area contributed by atoms with E-state index in [1.165, 1.54) is 25.3 Å². The fourth-order valence-electron chi connectivity index (χ4n) is 1.59. The summed E-state index contributed by atoms with van der Waals surface area (Å²) >= 11 is 0. The second-order valence-electron chi connectivity index (χ2n) is 3.34. The number of benzene rings is 1. The summed E-state index contributed by atoms with van der Waals surface area (Å²) < 4.78 is 35.6.